The number of aromatic amines is 1. The van der Waals surface area contributed by atoms with Crippen molar-refractivity contribution in [2.75, 3.05) is 6.61 Å². The zero-order valence-corrected chi connectivity index (χ0v) is 13.8. The van der Waals surface area contributed by atoms with Crippen LogP contribution >= 0.6 is 31.9 Å². The smallest absolute Gasteiger partial charge is 0.140 e. The zero-order chi connectivity index (χ0) is 15.7. The molecule has 6 N–H and O–H groups in total. The van der Waals surface area contributed by atoms with Gasteiger partial charge in [0.25, 0.3) is 0 Å². The van der Waals surface area contributed by atoms with Crippen LogP contribution in [0.15, 0.2) is 21.1 Å². The summed E-state index contributed by atoms with van der Waals surface area (Å²) in [5.41, 5.74) is 1.19. The highest BCUT2D eigenvalue weighted by Crippen LogP contribution is 2.29. The molecule has 0 saturated heterocycles. The molecular weight excluding hydrogens is 412 g/mol. The van der Waals surface area contributed by atoms with Crippen molar-refractivity contribution >= 4 is 42.9 Å². The molecule has 0 saturated carbocycles. The molecule has 0 spiro atoms. The second-order valence-corrected chi connectivity index (χ2v) is 6.29. The van der Waals surface area contributed by atoms with Gasteiger partial charge in [-0.3, -0.25) is 0 Å². The lowest BCUT2D eigenvalue weighted by Gasteiger charge is -2.24. The van der Waals surface area contributed by atoms with E-state index in [1.807, 2.05) is 0 Å². The number of H-pyrrole nitrogens is 1. The molecule has 0 radical (unpaired) electrons. The Morgan fingerprint density at radius 3 is 2.29 bits per heavy atom. The molecule has 116 valence electrons. The van der Waals surface area contributed by atoms with Gasteiger partial charge in [-0.25, -0.2) is 4.98 Å². The molecule has 0 aliphatic rings. The molecule has 2 rings (SSSR count). The SMILES string of the molecule is OCC(O)[C@H](O)[C@H](O)C(O)c1nc2cc(Br)c(Br)cc2[nH]1. The first-order valence-electron chi connectivity index (χ1n) is 6.03. The van der Waals surface area contributed by atoms with Gasteiger partial charge in [-0.2, -0.15) is 0 Å². The van der Waals surface area contributed by atoms with E-state index >= 15 is 0 Å². The first-order chi connectivity index (χ1) is 9.85. The Balaban J connectivity index is 2.28. The number of hydrogen-bond acceptors (Lipinski definition) is 6. The lowest BCUT2D eigenvalue weighted by molar-refractivity contribution is -0.117. The number of halogens is 2. The summed E-state index contributed by atoms with van der Waals surface area (Å²) in [4.78, 5) is 6.96. The molecule has 0 amide bonds. The minimum Gasteiger partial charge on any atom is -0.394 e. The molecule has 0 aliphatic heterocycles. The molecule has 2 aromatic rings. The molecule has 9 heteroatoms. The van der Waals surface area contributed by atoms with Gasteiger partial charge in [0.1, 0.15) is 30.2 Å². The van der Waals surface area contributed by atoms with Crippen molar-refractivity contribution in [3.63, 3.8) is 0 Å². The minimum absolute atomic E-state index is 0.0479. The topological polar surface area (TPSA) is 130 Å². The Kier molecular flexibility index (Phi) is 5.36. The van der Waals surface area contributed by atoms with E-state index in [1.165, 1.54) is 0 Å². The molecule has 0 aliphatic carbocycles. The summed E-state index contributed by atoms with van der Waals surface area (Å²) in [7, 11) is 0. The summed E-state index contributed by atoms with van der Waals surface area (Å²) in [6.07, 6.45) is -6.48. The fourth-order valence-electron chi connectivity index (χ4n) is 1.85. The first-order valence-corrected chi connectivity index (χ1v) is 7.61. The summed E-state index contributed by atoms with van der Waals surface area (Å²) in [6, 6.07) is 3.46. The number of fused-ring (bicyclic) bond motifs is 1. The van der Waals surface area contributed by atoms with Crippen molar-refractivity contribution in [1.29, 1.82) is 0 Å². The van der Waals surface area contributed by atoms with Crippen molar-refractivity contribution in [2.24, 2.45) is 0 Å². The van der Waals surface area contributed by atoms with Gasteiger partial charge in [-0.15, -0.1) is 0 Å². The standard InChI is InChI=1S/C12H14Br2N2O5/c13-4-1-6-7(2-5(4)14)16-12(15-6)11(21)10(20)9(19)8(18)3-17/h1-2,8-11,17-21H,3H2,(H,15,16)/t8?,9-,10-,11?/m0/s1. The third kappa shape index (κ3) is 3.45. The van der Waals surface area contributed by atoms with Gasteiger partial charge >= 0.3 is 0 Å². The number of hydrogen-bond donors (Lipinski definition) is 6. The van der Waals surface area contributed by atoms with Gasteiger partial charge in [-0.05, 0) is 44.0 Å². The van der Waals surface area contributed by atoms with E-state index in [4.69, 9.17) is 5.11 Å². The number of rotatable bonds is 5. The predicted octanol–water partition coefficient (Wildman–Crippen LogP) is 0.196. The average Bonchev–Trinajstić information content (AvgIpc) is 2.87. The maximum atomic E-state index is 10.0. The van der Waals surface area contributed by atoms with Crippen LogP contribution in [0.25, 0.3) is 11.0 Å². The molecule has 0 bridgehead atoms. The van der Waals surface area contributed by atoms with E-state index in [0.29, 0.717) is 11.0 Å². The molecule has 4 atom stereocenters. The van der Waals surface area contributed by atoms with Crippen LogP contribution in [-0.4, -0.2) is 60.4 Å². The average molecular weight is 426 g/mol. The van der Waals surface area contributed by atoms with Crippen molar-refractivity contribution in [1.82, 2.24) is 9.97 Å². The number of nitrogens with one attached hydrogen (secondary N) is 1. The van der Waals surface area contributed by atoms with E-state index in [-0.39, 0.29) is 5.82 Å². The number of nitrogens with zero attached hydrogens (tertiary/aromatic N) is 1. The van der Waals surface area contributed by atoms with E-state index in [1.54, 1.807) is 12.1 Å². The summed E-state index contributed by atoms with van der Waals surface area (Å²) in [5.74, 6) is 0.0479. The summed E-state index contributed by atoms with van der Waals surface area (Å²) in [6.45, 7) is -0.731. The van der Waals surface area contributed by atoms with Gasteiger partial charge in [0.2, 0.25) is 0 Å². The van der Waals surface area contributed by atoms with Crippen molar-refractivity contribution in [3.8, 4) is 0 Å². The molecule has 21 heavy (non-hydrogen) atoms. The number of aliphatic hydroxyl groups is 5. The van der Waals surface area contributed by atoms with Crippen molar-refractivity contribution in [2.45, 2.75) is 24.4 Å². The second-order valence-electron chi connectivity index (χ2n) is 4.58. The Labute approximate surface area is 136 Å². The van der Waals surface area contributed by atoms with Crippen LogP contribution in [0.2, 0.25) is 0 Å². The van der Waals surface area contributed by atoms with Crippen molar-refractivity contribution in [3.05, 3.63) is 26.9 Å². The number of aromatic nitrogens is 2. The quantitative estimate of drug-likeness (QED) is 0.405. The largest absolute Gasteiger partial charge is 0.394 e. The van der Waals surface area contributed by atoms with Crippen LogP contribution in [0.1, 0.15) is 11.9 Å². The highest BCUT2D eigenvalue weighted by Gasteiger charge is 2.32. The van der Waals surface area contributed by atoms with Crippen LogP contribution in [0.3, 0.4) is 0 Å². The Morgan fingerprint density at radius 1 is 1.05 bits per heavy atom. The molecule has 2 unspecified atom stereocenters. The Morgan fingerprint density at radius 2 is 1.67 bits per heavy atom. The zero-order valence-electron chi connectivity index (χ0n) is 10.6. The van der Waals surface area contributed by atoms with Gasteiger partial charge in [-0.1, -0.05) is 0 Å². The molecule has 7 nitrogen and oxygen atoms in total. The summed E-state index contributed by atoms with van der Waals surface area (Å²) in [5, 5.41) is 47.5. The van der Waals surface area contributed by atoms with E-state index in [0.717, 1.165) is 8.95 Å². The summed E-state index contributed by atoms with van der Waals surface area (Å²) >= 11 is 6.67. The monoisotopic (exact) mass is 424 g/mol. The first kappa shape index (κ1) is 16.8. The molecule has 0 fully saturated rings. The maximum absolute atomic E-state index is 10.0. The number of aliphatic hydroxyl groups excluding tert-OH is 5. The van der Waals surface area contributed by atoms with Gasteiger partial charge in [0.15, 0.2) is 0 Å². The van der Waals surface area contributed by atoms with Crippen LogP contribution in [0, 0.1) is 0 Å². The highest BCUT2D eigenvalue weighted by molar-refractivity contribution is 9.13. The van der Waals surface area contributed by atoms with E-state index in [9.17, 15) is 20.4 Å². The van der Waals surface area contributed by atoms with E-state index < -0.39 is 31.0 Å². The van der Waals surface area contributed by atoms with E-state index in [2.05, 4.69) is 41.8 Å². The maximum Gasteiger partial charge on any atom is 0.140 e. The fraction of sp³-hybridized carbons (Fsp3) is 0.417. The molecule has 1 heterocycles. The van der Waals surface area contributed by atoms with Gasteiger partial charge in [0, 0.05) is 8.95 Å². The second kappa shape index (κ2) is 6.69. The van der Waals surface area contributed by atoms with Crippen LogP contribution in [0.5, 0.6) is 0 Å². The highest BCUT2D eigenvalue weighted by atomic mass is 79.9. The summed E-state index contributed by atoms with van der Waals surface area (Å²) < 4.78 is 1.56. The fourth-order valence-corrected chi connectivity index (χ4v) is 2.52. The third-order valence-corrected chi connectivity index (χ3v) is 4.92. The Hall–Kier alpha value is -0.550. The molecule has 1 aromatic heterocycles. The predicted molar refractivity (Wildman–Crippen MR) is 81.6 cm³/mol. The lowest BCUT2D eigenvalue weighted by Crippen LogP contribution is -2.42. The van der Waals surface area contributed by atoms with Crippen LogP contribution in [0.4, 0.5) is 0 Å². The van der Waals surface area contributed by atoms with Gasteiger partial charge < -0.3 is 30.5 Å². The van der Waals surface area contributed by atoms with Gasteiger partial charge in [0.05, 0.1) is 17.6 Å². The van der Waals surface area contributed by atoms with Crippen LogP contribution in [-0.2, 0) is 0 Å². The Bertz CT molecular complexity index is 596. The van der Waals surface area contributed by atoms with Crippen LogP contribution < -0.4 is 0 Å². The lowest BCUT2D eigenvalue weighted by atomic mass is 10.0. The number of imidazole rings is 1. The molecular formula is C12H14Br2N2O5. The normalized spacial score (nSPS) is 17.7. The third-order valence-electron chi connectivity index (χ3n) is 3.08. The molecule has 1 aromatic carbocycles. The minimum atomic E-state index is -1.70. The number of benzene rings is 1. The van der Waals surface area contributed by atoms with Crippen molar-refractivity contribution < 1.29 is 25.5 Å².